The van der Waals surface area contributed by atoms with Crippen molar-refractivity contribution in [2.75, 3.05) is 13.7 Å². The van der Waals surface area contributed by atoms with Gasteiger partial charge in [0.15, 0.2) is 0 Å². The Hall–Kier alpha value is 0.455. The number of hydrogen-bond donors (Lipinski definition) is 2. The van der Waals surface area contributed by atoms with Gasteiger partial charge in [0.25, 0.3) is 0 Å². The van der Waals surface area contributed by atoms with Crippen LogP contribution in [0.1, 0.15) is 0 Å². The van der Waals surface area contributed by atoms with Crippen LogP contribution < -0.4 is 11.1 Å². The van der Waals surface area contributed by atoms with Gasteiger partial charge in [-0.05, 0) is 0 Å². The van der Waals surface area contributed by atoms with Crippen LogP contribution in [-0.2, 0) is 28.1 Å². The molecule has 0 radical (unpaired) electrons. The van der Waals surface area contributed by atoms with E-state index in [1.165, 1.54) is 0 Å². The van der Waals surface area contributed by atoms with Gasteiger partial charge >= 0.3 is 81.9 Å². The predicted molar refractivity (Wildman–Crippen MR) is 39.0 cm³/mol. The van der Waals surface area contributed by atoms with Crippen molar-refractivity contribution in [2.24, 2.45) is 5.73 Å². The Morgan fingerprint density at radius 3 is 2.91 bits per heavy atom. The van der Waals surface area contributed by atoms with Crippen LogP contribution >= 0.6 is 8.25 Å². The second kappa shape index (κ2) is 7.12. The Kier molecular flexibility index (Phi) is 7.42. The fraction of sp³-hybridized carbons (Fsp3) is 0.800. The summed E-state index contributed by atoms with van der Waals surface area (Å²) >= 11 is -1.16. The van der Waals surface area contributed by atoms with Gasteiger partial charge in [0, 0.05) is 0 Å². The van der Waals surface area contributed by atoms with E-state index >= 15 is 0 Å². The summed E-state index contributed by atoms with van der Waals surface area (Å²) in [5.41, 5.74) is 4.87. The minimum atomic E-state index is -1.16. The van der Waals surface area contributed by atoms with Crippen molar-refractivity contribution in [3.63, 3.8) is 0 Å². The van der Waals surface area contributed by atoms with Gasteiger partial charge in [0.1, 0.15) is 0 Å². The molecular formula is C5H11ClHgN2O2. The SMILES string of the molecule is COC(CNC(N)=O)[CH2][203Hg][Cl]. The molecule has 0 spiro atoms. The summed E-state index contributed by atoms with van der Waals surface area (Å²) in [6.45, 7) is 0.471. The topological polar surface area (TPSA) is 64.3 Å². The number of nitrogens with one attached hydrogen (secondary N) is 1. The molecule has 0 aromatic heterocycles. The molecule has 0 aliphatic rings. The second-order valence-electron chi connectivity index (χ2n) is 2.08. The van der Waals surface area contributed by atoms with Crippen LogP contribution in [-0.4, -0.2) is 25.8 Å². The third kappa shape index (κ3) is 6.84. The molecule has 0 heterocycles. The fourth-order valence-electron chi connectivity index (χ4n) is 0.639. The zero-order valence-electron chi connectivity index (χ0n) is 6.47. The normalized spacial score (nSPS) is 11.8. The number of amides is 2. The van der Waals surface area contributed by atoms with Crippen molar-refractivity contribution in [1.82, 2.24) is 5.32 Å². The van der Waals surface area contributed by atoms with Crippen LogP contribution in [0.3, 0.4) is 0 Å². The Labute approximate surface area is 81.7 Å². The van der Waals surface area contributed by atoms with Crippen molar-refractivity contribution in [3.8, 4) is 0 Å². The van der Waals surface area contributed by atoms with Crippen LogP contribution in [0.15, 0.2) is 0 Å². The Morgan fingerprint density at radius 1 is 1.91 bits per heavy atom. The summed E-state index contributed by atoms with van der Waals surface area (Å²) in [7, 11) is 7.29. The first kappa shape index (κ1) is 11.5. The number of hydrogen-bond acceptors (Lipinski definition) is 2. The molecule has 1 atom stereocenters. The van der Waals surface area contributed by atoms with Gasteiger partial charge in [-0.2, -0.15) is 0 Å². The Balaban J connectivity index is 3.43. The van der Waals surface area contributed by atoms with E-state index in [2.05, 4.69) is 5.32 Å². The monoisotopic (exact) mass is 369 g/mol. The maximum atomic E-state index is 10.3. The standard InChI is InChI=1S/C5H11N2O2.ClH.Hg/c1-4(9-2)3-7-5(6)8;;/h4H,1,3H2,2H3,(H3,6,7,8);1H;/q;;+1/p-1/i;;1+2. The maximum absolute atomic E-state index is 10.3. The predicted octanol–water partition coefficient (Wildman–Crippen LogP) is 0.324. The summed E-state index contributed by atoms with van der Waals surface area (Å²) in [5.74, 6) is 0. The van der Waals surface area contributed by atoms with Crippen LogP contribution in [0.4, 0.5) is 4.79 Å². The van der Waals surface area contributed by atoms with Crippen LogP contribution in [0.5, 0.6) is 0 Å². The molecule has 1 unspecified atom stereocenters. The molecule has 6 heteroatoms. The third-order valence-electron chi connectivity index (χ3n) is 1.27. The van der Waals surface area contributed by atoms with Gasteiger partial charge < -0.3 is 0 Å². The number of methoxy groups -OCH3 is 1. The minimum absolute atomic E-state index is 0.0571. The molecule has 0 aliphatic heterocycles. The molecule has 11 heavy (non-hydrogen) atoms. The number of carbonyl (C=O) groups excluding carboxylic acids is 1. The van der Waals surface area contributed by atoms with Crippen molar-refractivity contribution < 1.29 is 32.9 Å². The van der Waals surface area contributed by atoms with E-state index in [1.54, 1.807) is 7.11 Å². The van der Waals surface area contributed by atoms with Crippen molar-refractivity contribution >= 4 is 14.3 Å². The molecule has 4 nitrogen and oxygen atoms in total. The van der Waals surface area contributed by atoms with E-state index in [1.807, 2.05) is 0 Å². The molecule has 0 aliphatic carbocycles. The molecule has 3 N–H and O–H groups in total. The fourth-order valence-corrected chi connectivity index (χ4v) is 5.43. The second-order valence-corrected chi connectivity index (χ2v) is 9.11. The number of primary amides is 1. The van der Waals surface area contributed by atoms with E-state index in [0.29, 0.717) is 6.54 Å². The van der Waals surface area contributed by atoms with E-state index in [0.717, 1.165) is 3.93 Å². The summed E-state index contributed by atoms with van der Waals surface area (Å²) < 4.78 is 5.97. The number of urea groups is 1. The number of ether oxygens (including phenoxy) is 1. The van der Waals surface area contributed by atoms with Gasteiger partial charge in [-0.25, -0.2) is 0 Å². The molecule has 0 saturated heterocycles. The van der Waals surface area contributed by atoms with Crippen molar-refractivity contribution in [1.29, 1.82) is 0 Å². The zero-order valence-corrected chi connectivity index (χ0v) is 12.7. The van der Waals surface area contributed by atoms with Gasteiger partial charge in [-0.15, -0.1) is 0 Å². The summed E-state index contributed by atoms with van der Waals surface area (Å²) in [6.07, 6.45) is 0.0571. The molecule has 0 rings (SSSR count). The van der Waals surface area contributed by atoms with Gasteiger partial charge in [-0.1, -0.05) is 0 Å². The average molecular weight is 370 g/mol. The van der Waals surface area contributed by atoms with Gasteiger partial charge in [-0.3, -0.25) is 0 Å². The first-order chi connectivity index (χ1) is 5.20. The molecular weight excluding hydrogens is 358 g/mol. The average Bonchev–Trinajstić information content (AvgIpc) is 1.97. The van der Waals surface area contributed by atoms with E-state index < -0.39 is 29.4 Å². The Morgan fingerprint density at radius 2 is 2.55 bits per heavy atom. The van der Waals surface area contributed by atoms with Crippen molar-refractivity contribution in [3.05, 3.63) is 0 Å². The first-order valence-electron chi connectivity index (χ1n) is 3.32. The van der Waals surface area contributed by atoms with E-state index in [9.17, 15) is 4.79 Å². The Bertz CT molecular complexity index is 125. The van der Waals surface area contributed by atoms with E-state index in [-0.39, 0.29) is 6.10 Å². The third-order valence-corrected chi connectivity index (χ3v) is 6.53. The van der Waals surface area contributed by atoms with Crippen LogP contribution in [0.2, 0.25) is 3.93 Å². The van der Waals surface area contributed by atoms with Crippen LogP contribution in [0, 0.1) is 0 Å². The number of halogens is 1. The van der Waals surface area contributed by atoms with E-state index in [4.69, 9.17) is 18.7 Å². The number of carbonyl (C=O) groups is 1. The molecule has 62 valence electrons. The van der Waals surface area contributed by atoms with Gasteiger partial charge in [0.05, 0.1) is 0 Å². The molecule has 0 aromatic carbocycles. The zero-order chi connectivity index (χ0) is 8.69. The summed E-state index contributed by atoms with van der Waals surface area (Å²) in [4.78, 5) is 10.3. The van der Waals surface area contributed by atoms with Crippen molar-refractivity contribution in [2.45, 2.75) is 10.0 Å². The van der Waals surface area contributed by atoms with Crippen LogP contribution in [0.25, 0.3) is 0 Å². The molecule has 0 fully saturated rings. The molecule has 0 bridgehead atoms. The number of rotatable bonds is 5. The summed E-state index contributed by atoms with van der Waals surface area (Å²) in [6, 6.07) is -0.515. The molecule has 2 amide bonds. The number of nitrogens with two attached hydrogens (primary N) is 1. The van der Waals surface area contributed by atoms with Gasteiger partial charge in [0.2, 0.25) is 0 Å². The quantitative estimate of drug-likeness (QED) is 0.686. The first-order valence-corrected chi connectivity index (χ1v) is 14.0. The molecule has 0 saturated carbocycles. The molecule has 0 aromatic rings. The summed E-state index contributed by atoms with van der Waals surface area (Å²) in [5, 5.41) is 2.47.